The summed E-state index contributed by atoms with van der Waals surface area (Å²) in [5.41, 5.74) is 6.73. The molecule has 2 aromatic rings. The Labute approximate surface area is 125 Å². The number of rotatable bonds is 3. The quantitative estimate of drug-likeness (QED) is 0.599. The molecule has 1 heterocycles. The normalized spacial score (nSPS) is 17.0. The van der Waals surface area contributed by atoms with Crippen LogP contribution in [0.3, 0.4) is 0 Å². The number of aromatic hydroxyl groups is 1. The minimum Gasteiger partial charge on any atom is -0.507 e. The van der Waals surface area contributed by atoms with Gasteiger partial charge in [0.05, 0.1) is 16.7 Å². The van der Waals surface area contributed by atoms with Crippen LogP contribution in [0, 0.1) is 15.9 Å². The summed E-state index contributed by atoms with van der Waals surface area (Å²) >= 11 is 0. The van der Waals surface area contributed by atoms with Crippen LogP contribution in [0.4, 0.5) is 10.1 Å². The fourth-order valence-electron chi connectivity index (χ4n) is 2.31. The Balaban J connectivity index is 1.97. The molecule has 1 aliphatic rings. The lowest BCUT2D eigenvalue weighted by Gasteiger charge is -2.09. The van der Waals surface area contributed by atoms with Gasteiger partial charge in [-0.3, -0.25) is 10.1 Å². The van der Waals surface area contributed by atoms with E-state index in [1.165, 1.54) is 24.3 Å². The fraction of sp³-hybridized carbons (Fsp3) is 0.0667. The molecule has 0 fully saturated rings. The van der Waals surface area contributed by atoms with E-state index in [1.807, 2.05) is 0 Å². The maximum Gasteiger partial charge on any atom is 0.270 e. The number of benzene rings is 2. The molecule has 2 aromatic carbocycles. The second-order valence-corrected chi connectivity index (χ2v) is 4.81. The van der Waals surface area contributed by atoms with Crippen molar-refractivity contribution in [1.82, 2.24) is 10.9 Å². The van der Waals surface area contributed by atoms with Crippen LogP contribution in [-0.4, -0.2) is 10.0 Å². The number of halogens is 1. The van der Waals surface area contributed by atoms with Crippen LogP contribution in [0.5, 0.6) is 5.75 Å². The van der Waals surface area contributed by atoms with Gasteiger partial charge in [0, 0.05) is 23.3 Å². The van der Waals surface area contributed by atoms with Crippen LogP contribution < -0.4 is 10.9 Å². The van der Waals surface area contributed by atoms with Gasteiger partial charge in [-0.1, -0.05) is 18.2 Å². The molecular weight excluding hydrogens is 289 g/mol. The number of hydrogen-bond donors (Lipinski definition) is 3. The first-order valence-corrected chi connectivity index (χ1v) is 6.52. The number of nitrogens with zero attached hydrogens (tertiary/aromatic N) is 1. The maximum absolute atomic E-state index is 13.8. The van der Waals surface area contributed by atoms with Gasteiger partial charge in [-0.25, -0.2) is 9.82 Å². The van der Waals surface area contributed by atoms with E-state index >= 15 is 0 Å². The van der Waals surface area contributed by atoms with Gasteiger partial charge in [0.25, 0.3) is 5.69 Å². The summed E-state index contributed by atoms with van der Waals surface area (Å²) < 4.78 is 13.8. The predicted octanol–water partition coefficient (Wildman–Crippen LogP) is 2.63. The van der Waals surface area contributed by atoms with Gasteiger partial charge in [0.15, 0.2) is 0 Å². The topological polar surface area (TPSA) is 87.4 Å². The highest BCUT2D eigenvalue weighted by Gasteiger charge is 2.22. The average molecular weight is 301 g/mol. The molecular formula is C15H12FN3O3. The third-order valence-electron chi connectivity index (χ3n) is 3.42. The third-order valence-corrected chi connectivity index (χ3v) is 3.42. The van der Waals surface area contributed by atoms with Crippen molar-refractivity contribution in [2.24, 2.45) is 0 Å². The van der Waals surface area contributed by atoms with Gasteiger partial charge in [0.1, 0.15) is 11.6 Å². The number of phenolic OH excluding ortho intramolecular Hbond substituents is 1. The second-order valence-electron chi connectivity index (χ2n) is 4.81. The molecule has 3 rings (SSSR count). The smallest absolute Gasteiger partial charge is 0.270 e. The van der Waals surface area contributed by atoms with E-state index in [-0.39, 0.29) is 22.8 Å². The van der Waals surface area contributed by atoms with Crippen molar-refractivity contribution in [2.75, 3.05) is 0 Å². The fourth-order valence-corrected chi connectivity index (χ4v) is 2.31. The number of non-ortho nitro benzene ring substituents is 1. The second kappa shape index (κ2) is 5.45. The molecule has 0 radical (unpaired) electrons. The largest absolute Gasteiger partial charge is 0.507 e. The summed E-state index contributed by atoms with van der Waals surface area (Å²) in [5, 5.41) is 20.7. The zero-order valence-corrected chi connectivity index (χ0v) is 11.3. The van der Waals surface area contributed by atoms with E-state index in [2.05, 4.69) is 10.9 Å². The Morgan fingerprint density at radius 3 is 2.73 bits per heavy atom. The minimum atomic E-state index is -0.541. The lowest BCUT2D eigenvalue weighted by molar-refractivity contribution is -0.384. The summed E-state index contributed by atoms with van der Waals surface area (Å²) in [6.07, 6.45) is 1.66. The first kappa shape index (κ1) is 14.0. The van der Waals surface area contributed by atoms with Crippen LogP contribution in [-0.2, 0) is 0 Å². The molecule has 0 aromatic heterocycles. The van der Waals surface area contributed by atoms with Crippen molar-refractivity contribution in [3.8, 4) is 5.75 Å². The molecule has 1 atom stereocenters. The van der Waals surface area contributed by atoms with Crippen LogP contribution in [0.2, 0.25) is 0 Å². The Hall–Kier alpha value is -2.93. The predicted molar refractivity (Wildman–Crippen MR) is 78.2 cm³/mol. The molecule has 7 heteroatoms. The molecule has 22 heavy (non-hydrogen) atoms. The molecule has 0 aliphatic carbocycles. The standard InChI is InChI=1S/C15H12FN3O3/c16-12-4-2-1-3-10(12)13-8-14(18-17-13)11-7-9(19(21)22)5-6-15(11)20/h1-8,13,17-18,20H. The van der Waals surface area contributed by atoms with Crippen molar-refractivity contribution in [3.05, 3.63) is 75.6 Å². The molecule has 0 amide bonds. The number of nitro groups is 1. The first-order chi connectivity index (χ1) is 10.6. The lowest BCUT2D eigenvalue weighted by atomic mass is 10.0. The summed E-state index contributed by atoms with van der Waals surface area (Å²) in [6.45, 7) is 0. The van der Waals surface area contributed by atoms with Crippen molar-refractivity contribution in [2.45, 2.75) is 6.04 Å². The molecule has 3 N–H and O–H groups in total. The Morgan fingerprint density at radius 2 is 2.00 bits per heavy atom. The Kier molecular flexibility index (Phi) is 3.48. The van der Waals surface area contributed by atoms with Crippen molar-refractivity contribution in [3.63, 3.8) is 0 Å². The minimum absolute atomic E-state index is 0.0969. The molecule has 0 saturated heterocycles. The highest BCUT2D eigenvalue weighted by Crippen LogP contribution is 2.32. The molecule has 1 aliphatic heterocycles. The highest BCUT2D eigenvalue weighted by molar-refractivity contribution is 5.72. The summed E-state index contributed by atoms with van der Waals surface area (Å²) in [6, 6.07) is 9.61. The van der Waals surface area contributed by atoms with Crippen LogP contribution >= 0.6 is 0 Å². The van der Waals surface area contributed by atoms with Gasteiger partial charge in [-0.2, -0.15) is 0 Å². The van der Waals surface area contributed by atoms with E-state index in [4.69, 9.17) is 0 Å². The molecule has 0 bridgehead atoms. The molecule has 0 spiro atoms. The Bertz CT molecular complexity index is 776. The third kappa shape index (κ3) is 2.49. The highest BCUT2D eigenvalue weighted by atomic mass is 19.1. The van der Waals surface area contributed by atoms with Crippen LogP contribution in [0.15, 0.2) is 48.5 Å². The van der Waals surface area contributed by atoms with Gasteiger partial charge >= 0.3 is 0 Å². The van der Waals surface area contributed by atoms with E-state index < -0.39 is 11.0 Å². The molecule has 6 nitrogen and oxygen atoms in total. The average Bonchev–Trinajstić information content (AvgIpc) is 2.97. The SMILES string of the molecule is O=[N+]([O-])c1ccc(O)c(C2=CC(c3ccccc3F)NN2)c1. The number of hydrazine groups is 1. The number of nitrogens with one attached hydrogen (secondary N) is 2. The summed E-state index contributed by atoms with van der Waals surface area (Å²) in [7, 11) is 0. The lowest BCUT2D eigenvalue weighted by Crippen LogP contribution is -2.26. The van der Waals surface area contributed by atoms with E-state index in [9.17, 15) is 19.6 Å². The monoisotopic (exact) mass is 301 g/mol. The molecule has 0 saturated carbocycles. The molecule has 1 unspecified atom stereocenters. The van der Waals surface area contributed by atoms with Gasteiger partial charge in [-0.05, 0) is 18.2 Å². The van der Waals surface area contributed by atoms with Crippen LogP contribution in [0.25, 0.3) is 5.70 Å². The van der Waals surface area contributed by atoms with Gasteiger partial charge in [-0.15, -0.1) is 0 Å². The zero-order valence-electron chi connectivity index (χ0n) is 11.3. The van der Waals surface area contributed by atoms with Crippen molar-refractivity contribution < 1.29 is 14.4 Å². The van der Waals surface area contributed by atoms with Gasteiger partial charge < -0.3 is 10.5 Å². The number of phenols is 1. The van der Waals surface area contributed by atoms with Crippen molar-refractivity contribution >= 4 is 11.4 Å². The van der Waals surface area contributed by atoms with Crippen LogP contribution in [0.1, 0.15) is 17.2 Å². The van der Waals surface area contributed by atoms with Gasteiger partial charge in [0.2, 0.25) is 0 Å². The van der Waals surface area contributed by atoms with E-state index in [0.29, 0.717) is 11.3 Å². The maximum atomic E-state index is 13.8. The summed E-state index contributed by atoms with van der Waals surface area (Å²) in [4.78, 5) is 10.3. The van der Waals surface area contributed by atoms with Crippen molar-refractivity contribution in [1.29, 1.82) is 0 Å². The van der Waals surface area contributed by atoms with E-state index in [1.54, 1.807) is 24.3 Å². The van der Waals surface area contributed by atoms with E-state index in [0.717, 1.165) is 0 Å². The number of hydrogen-bond acceptors (Lipinski definition) is 5. The first-order valence-electron chi connectivity index (χ1n) is 6.52. The Morgan fingerprint density at radius 1 is 1.23 bits per heavy atom. The molecule has 112 valence electrons. The number of nitro benzene ring substituents is 1. The zero-order chi connectivity index (χ0) is 15.7. The summed E-state index contributed by atoms with van der Waals surface area (Å²) in [5.74, 6) is -0.456.